The van der Waals surface area contributed by atoms with Gasteiger partial charge in [0.25, 0.3) is 10.0 Å². The first-order valence-electron chi connectivity index (χ1n) is 6.08. The molecule has 0 radical (unpaired) electrons. The molecule has 4 nitrogen and oxygen atoms in total. The van der Waals surface area contributed by atoms with Crippen LogP contribution in [0.3, 0.4) is 0 Å². The molecule has 0 spiro atoms. The van der Waals surface area contributed by atoms with E-state index >= 15 is 0 Å². The highest BCUT2D eigenvalue weighted by molar-refractivity contribution is 7.91. The molecule has 2 aliphatic rings. The van der Waals surface area contributed by atoms with Crippen molar-refractivity contribution in [2.24, 2.45) is 0 Å². The van der Waals surface area contributed by atoms with Crippen LogP contribution in [0.5, 0.6) is 0 Å². The number of sulfonamides is 1. The van der Waals surface area contributed by atoms with Gasteiger partial charge in [0.15, 0.2) is 4.21 Å². The number of aryl methyl sites for hydroxylation is 1. The van der Waals surface area contributed by atoms with E-state index in [0.717, 1.165) is 30.7 Å². The lowest BCUT2D eigenvalue weighted by atomic mass is 10.1. The van der Waals surface area contributed by atoms with Gasteiger partial charge >= 0.3 is 0 Å². The first-order chi connectivity index (χ1) is 8.48. The van der Waals surface area contributed by atoms with E-state index in [9.17, 15) is 8.42 Å². The summed E-state index contributed by atoms with van der Waals surface area (Å²) in [5, 5.41) is 0.908. The topological polar surface area (TPSA) is 50.3 Å². The van der Waals surface area contributed by atoms with Gasteiger partial charge in [-0.05, 0) is 32.6 Å². The Morgan fingerprint density at radius 3 is 2.50 bits per heavy atom. The molecule has 2 saturated heterocycles. The van der Waals surface area contributed by atoms with Crippen molar-refractivity contribution < 1.29 is 8.42 Å². The molecule has 2 unspecified atom stereocenters. The molecule has 1 aromatic rings. The van der Waals surface area contributed by atoms with Gasteiger partial charge < -0.3 is 0 Å². The summed E-state index contributed by atoms with van der Waals surface area (Å²) in [4.78, 5) is 4.05. The summed E-state index contributed by atoms with van der Waals surface area (Å²) in [6, 6.07) is 0.164. The quantitative estimate of drug-likeness (QED) is 0.788. The number of rotatable bonds is 2. The molecule has 3 rings (SSSR count). The SMILES string of the molecule is Cc1ncc(S(=O)(=O)N2C3CCC2CC(Cl)C3)s1. The van der Waals surface area contributed by atoms with Gasteiger partial charge in [0, 0.05) is 17.5 Å². The van der Waals surface area contributed by atoms with Crippen LogP contribution in [0.4, 0.5) is 0 Å². The van der Waals surface area contributed by atoms with Gasteiger partial charge in [-0.3, -0.25) is 0 Å². The molecule has 100 valence electrons. The van der Waals surface area contributed by atoms with Crippen LogP contribution >= 0.6 is 22.9 Å². The Morgan fingerprint density at radius 1 is 1.39 bits per heavy atom. The predicted octanol–water partition coefficient (Wildman–Crippen LogP) is 2.37. The molecular weight excluding hydrogens is 292 g/mol. The van der Waals surface area contributed by atoms with Crippen molar-refractivity contribution in [1.82, 2.24) is 9.29 Å². The highest BCUT2D eigenvalue weighted by Crippen LogP contribution is 2.41. The molecule has 1 aromatic heterocycles. The Bertz CT molecular complexity index is 543. The Balaban J connectivity index is 1.96. The minimum Gasteiger partial charge on any atom is -0.249 e. The number of halogens is 1. The molecular formula is C11H15ClN2O2S2. The van der Waals surface area contributed by atoms with Crippen molar-refractivity contribution >= 4 is 33.0 Å². The third kappa shape index (κ3) is 1.99. The number of piperidine rings is 1. The van der Waals surface area contributed by atoms with E-state index in [4.69, 9.17) is 11.6 Å². The average molecular weight is 307 g/mol. The van der Waals surface area contributed by atoms with Crippen molar-refractivity contribution in [2.75, 3.05) is 0 Å². The molecule has 2 fully saturated rings. The van der Waals surface area contributed by atoms with Crippen molar-refractivity contribution in [3.8, 4) is 0 Å². The van der Waals surface area contributed by atoms with Gasteiger partial charge in [0.2, 0.25) is 0 Å². The van der Waals surface area contributed by atoms with Gasteiger partial charge in [-0.15, -0.1) is 22.9 Å². The van der Waals surface area contributed by atoms with E-state index in [2.05, 4.69) is 4.98 Å². The Kier molecular flexibility index (Phi) is 3.17. The lowest BCUT2D eigenvalue weighted by Gasteiger charge is -2.35. The zero-order chi connectivity index (χ0) is 12.9. The first-order valence-corrected chi connectivity index (χ1v) is 8.78. The molecule has 0 aromatic carbocycles. The van der Waals surface area contributed by atoms with E-state index in [-0.39, 0.29) is 17.5 Å². The van der Waals surface area contributed by atoms with E-state index in [1.807, 2.05) is 6.92 Å². The number of thiazole rings is 1. The fraction of sp³-hybridized carbons (Fsp3) is 0.727. The molecule has 0 aliphatic carbocycles. The fourth-order valence-corrected chi connectivity index (χ4v) is 6.54. The number of nitrogens with zero attached hydrogens (tertiary/aromatic N) is 2. The normalized spacial score (nSPS) is 32.9. The lowest BCUT2D eigenvalue weighted by molar-refractivity contribution is 0.251. The average Bonchev–Trinajstić information content (AvgIpc) is 2.83. The van der Waals surface area contributed by atoms with Crippen LogP contribution in [-0.4, -0.2) is 35.2 Å². The van der Waals surface area contributed by atoms with Crippen LogP contribution in [0.25, 0.3) is 0 Å². The number of hydrogen-bond donors (Lipinski definition) is 0. The van der Waals surface area contributed by atoms with Crippen LogP contribution in [0.2, 0.25) is 0 Å². The summed E-state index contributed by atoms with van der Waals surface area (Å²) in [5.74, 6) is 0. The number of hydrogen-bond acceptors (Lipinski definition) is 4. The van der Waals surface area contributed by atoms with Crippen LogP contribution in [-0.2, 0) is 10.0 Å². The van der Waals surface area contributed by atoms with Crippen molar-refractivity contribution in [2.45, 2.75) is 54.3 Å². The maximum atomic E-state index is 12.6. The summed E-state index contributed by atoms with van der Waals surface area (Å²) in [7, 11) is -3.37. The summed E-state index contributed by atoms with van der Waals surface area (Å²) in [5.41, 5.74) is 0. The van der Waals surface area contributed by atoms with E-state index in [1.54, 1.807) is 4.31 Å². The maximum absolute atomic E-state index is 12.6. The van der Waals surface area contributed by atoms with E-state index in [1.165, 1.54) is 17.5 Å². The second-order valence-corrected chi connectivity index (χ2v) is 8.91. The van der Waals surface area contributed by atoms with Gasteiger partial charge in [-0.2, -0.15) is 4.31 Å². The molecule has 18 heavy (non-hydrogen) atoms. The summed E-state index contributed by atoms with van der Waals surface area (Å²) in [6.07, 6.45) is 4.89. The maximum Gasteiger partial charge on any atom is 0.254 e. The first kappa shape index (κ1) is 12.8. The van der Waals surface area contributed by atoms with Crippen molar-refractivity contribution in [3.63, 3.8) is 0 Å². The second kappa shape index (κ2) is 4.44. The van der Waals surface area contributed by atoms with Crippen LogP contribution in [0, 0.1) is 6.92 Å². The third-order valence-corrected chi connectivity index (χ3v) is 7.45. The Hall–Kier alpha value is -0.170. The fourth-order valence-electron chi connectivity index (χ4n) is 3.03. The molecule has 0 N–H and O–H groups in total. The molecule has 0 saturated carbocycles. The summed E-state index contributed by atoms with van der Waals surface area (Å²) >= 11 is 7.43. The Morgan fingerprint density at radius 2 is 2.00 bits per heavy atom. The summed E-state index contributed by atoms with van der Waals surface area (Å²) in [6.45, 7) is 1.82. The van der Waals surface area contributed by atoms with Crippen LogP contribution in [0.15, 0.2) is 10.4 Å². The standard InChI is InChI=1S/C11H15ClN2O2S2/c1-7-13-6-11(17-7)18(15,16)14-9-2-3-10(14)5-8(12)4-9/h6,8-10H,2-5H2,1H3. The summed E-state index contributed by atoms with van der Waals surface area (Å²) < 4.78 is 27.3. The highest BCUT2D eigenvalue weighted by Gasteiger charge is 2.47. The van der Waals surface area contributed by atoms with Gasteiger partial charge in [-0.1, -0.05) is 0 Å². The van der Waals surface area contributed by atoms with E-state index in [0.29, 0.717) is 4.21 Å². The largest absolute Gasteiger partial charge is 0.254 e. The van der Waals surface area contributed by atoms with Gasteiger partial charge in [-0.25, -0.2) is 13.4 Å². The smallest absolute Gasteiger partial charge is 0.249 e. The number of aromatic nitrogens is 1. The van der Waals surface area contributed by atoms with Crippen LogP contribution < -0.4 is 0 Å². The molecule has 0 amide bonds. The molecule has 2 bridgehead atoms. The monoisotopic (exact) mass is 306 g/mol. The van der Waals surface area contributed by atoms with Gasteiger partial charge in [0.05, 0.1) is 11.2 Å². The molecule has 7 heteroatoms. The van der Waals surface area contributed by atoms with Crippen molar-refractivity contribution in [1.29, 1.82) is 0 Å². The minimum atomic E-state index is -3.37. The van der Waals surface area contributed by atoms with Crippen LogP contribution in [0.1, 0.15) is 30.7 Å². The zero-order valence-corrected chi connectivity index (χ0v) is 12.4. The second-order valence-electron chi connectivity index (χ2n) is 4.99. The molecule has 3 heterocycles. The molecule has 2 aliphatic heterocycles. The van der Waals surface area contributed by atoms with Gasteiger partial charge in [0.1, 0.15) is 0 Å². The zero-order valence-electron chi connectivity index (χ0n) is 10.0. The minimum absolute atomic E-state index is 0.0821. The Labute approximate surface area is 116 Å². The third-order valence-electron chi connectivity index (χ3n) is 3.74. The molecule has 2 atom stereocenters. The predicted molar refractivity (Wildman–Crippen MR) is 71.6 cm³/mol. The highest BCUT2D eigenvalue weighted by atomic mass is 35.5. The van der Waals surface area contributed by atoms with Crippen molar-refractivity contribution in [3.05, 3.63) is 11.2 Å². The lowest BCUT2D eigenvalue weighted by Crippen LogP contribution is -2.46. The number of fused-ring (bicyclic) bond motifs is 2. The number of alkyl halides is 1. The van der Waals surface area contributed by atoms with E-state index < -0.39 is 10.0 Å².